The Morgan fingerprint density at radius 2 is 1.91 bits per heavy atom. The molecule has 0 spiro atoms. The number of aliphatic carboxylic acids is 1. The first-order chi connectivity index (χ1) is 10.1. The molecule has 1 amide bonds. The number of rotatable bonds is 9. The lowest BCUT2D eigenvalue weighted by atomic mass is 9.85. The summed E-state index contributed by atoms with van der Waals surface area (Å²) in [5, 5.41) is 11.5. The Labute approximate surface area is 132 Å². The number of amides is 1. The average molecular weight is 334 g/mol. The molecule has 22 heavy (non-hydrogen) atoms. The molecule has 0 atom stereocenters. The lowest BCUT2D eigenvalue weighted by molar-refractivity contribution is -0.139. The highest BCUT2D eigenvalue weighted by atomic mass is 32.2. The number of sulfone groups is 1. The first-order valence-corrected chi connectivity index (χ1v) is 9.40. The van der Waals surface area contributed by atoms with E-state index in [0.29, 0.717) is 19.4 Å². The summed E-state index contributed by atoms with van der Waals surface area (Å²) in [5.41, 5.74) is 0. The molecule has 128 valence electrons. The second-order valence-electron chi connectivity index (χ2n) is 6.29. The van der Waals surface area contributed by atoms with Gasteiger partial charge in [0.25, 0.3) is 0 Å². The zero-order valence-corrected chi connectivity index (χ0v) is 14.2. The topological polar surface area (TPSA) is 104 Å². The van der Waals surface area contributed by atoms with Crippen molar-refractivity contribution in [2.45, 2.75) is 45.7 Å². The third kappa shape index (κ3) is 6.31. The van der Waals surface area contributed by atoms with Crippen molar-refractivity contribution < 1.29 is 23.1 Å². The van der Waals surface area contributed by atoms with Crippen molar-refractivity contribution in [2.75, 3.05) is 24.6 Å². The van der Waals surface area contributed by atoms with E-state index in [4.69, 9.17) is 5.11 Å². The van der Waals surface area contributed by atoms with Crippen LogP contribution in [0.4, 0.5) is 0 Å². The third-order valence-corrected chi connectivity index (χ3v) is 5.55. The number of carboxylic acid groups (broad SMARTS) is 1. The van der Waals surface area contributed by atoms with Crippen molar-refractivity contribution >= 4 is 21.7 Å². The van der Waals surface area contributed by atoms with Gasteiger partial charge in [0.2, 0.25) is 5.91 Å². The number of hydrogen-bond donors (Lipinski definition) is 2. The highest BCUT2D eigenvalue weighted by molar-refractivity contribution is 7.92. The largest absolute Gasteiger partial charge is 0.480 e. The number of nitrogens with zero attached hydrogens (tertiary/aromatic N) is 1. The fraction of sp³-hybridized carbons (Fsp3) is 0.857. The monoisotopic (exact) mass is 334 g/mol. The van der Waals surface area contributed by atoms with E-state index in [-0.39, 0.29) is 30.3 Å². The van der Waals surface area contributed by atoms with E-state index < -0.39 is 27.5 Å². The molecule has 0 aliphatic heterocycles. The van der Waals surface area contributed by atoms with E-state index in [1.165, 1.54) is 0 Å². The molecule has 0 aromatic heterocycles. The predicted octanol–water partition coefficient (Wildman–Crippen LogP) is 0.111. The minimum atomic E-state index is -3.36. The van der Waals surface area contributed by atoms with Gasteiger partial charge in [-0.05, 0) is 25.3 Å². The molecule has 1 fully saturated rings. The van der Waals surface area contributed by atoms with Gasteiger partial charge in [-0.3, -0.25) is 14.5 Å². The predicted molar refractivity (Wildman–Crippen MR) is 83.3 cm³/mol. The number of hydrogen-bond acceptors (Lipinski definition) is 5. The van der Waals surface area contributed by atoms with Crippen molar-refractivity contribution in [3.05, 3.63) is 0 Å². The zero-order valence-electron chi connectivity index (χ0n) is 13.4. The molecule has 0 radical (unpaired) electrons. The third-order valence-electron chi connectivity index (χ3n) is 3.68. The molecule has 1 saturated carbocycles. The second-order valence-corrected chi connectivity index (χ2v) is 8.40. The van der Waals surface area contributed by atoms with Crippen LogP contribution in [0.15, 0.2) is 0 Å². The number of likely N-dealkylation sites (N-methyl/N-ethyl adjacent to an activating group) is 1. The molecule has 1 rings (SSSR count). The van der Waals surface area contributed by atoms with Crippen LogP contribution < -0.4 is 5.32 Å². The molecular weight excluding hydrogens is 308 g/mol. The Hall–Kier alpha value is -1.15. The van der Waals surface area contributed by atoms with Gasteiger partial charge in [0.15, 0.2) is 9.84 Å². The quantitative estimate of drug-likeness (QED) is 0.620. The average Bonchev–Trinajstić information content (AvgIpc) is 2.27. The molecule has 0 aromatic carbocycles. The standard InChI is InChI=1S/C14H26N2O5S/c1-4-16(7-14(18)19)12-5-11(6-12)15-13(17)9-22(20,21)8-10(2)3/h10-12H,4-9H2,1-3H3,(H,15,17)(H,18,19). The maximum absolute atomic E-state index is 11.8. The highest BCUT2D eigenvalue weighted by Gasteiger charge is 2.35. The van der Waals surface area contributed by atoms with Crippen molar-refractivity contribution in [3.8, 4) is 0 Å². The summed E-state index contributed by atoms with van der Waals surface area (Å²) in [7, 11) is -3.36. The van der Waals surface area contributed by atoms with Gasteiger partial charge in [-0.2, -0.15) is 0 Å². The summed E-state index contributed by atoms with van der Waals surface area (Å²) in [6.45, 7) is 6.12. The van der Waals surface area contributed by atoms with Crippen LogP contribution >= 0.6 is 0 Å². The molecule has 0 aromatic rings. The van der Waals surface area contributed by atoms with Crippen LogP contribution in [0.5, 0.6) is 0 Å². The second kappa shape index (κ2) is 7.92. The first-order valence-electron chi connectivity index (χ1n) is 7.58. The molecule has 0 saturated heterocycles. The molecule has 2 N–H and O–H groups in total. The number of carbonyl (C=O) groups excluding carboxylic acids is 1. The highest BCUT2D eigenvalue weighted by Crippen LogP contribution is 2.25. The Morgan fingerprint density at radius 3 is 2.36 bits per heavy atom. The molecule has 7 nitrogen and oxygen atoms in total. The van der Waals surface area contributed by atoms with Gasteiger partial charge in [-0.1, -0.05) is 20.8 Å². The van der Waals surface area contributed by atoms with Crippen LogP contribution in [0.25, 0.3) is 0 Å². The normalized spacial score (nSPS) is 21.7. The molecule has 1 aliphatic rings. The molecule has 0 unspecified atom stereocenters. The van der Waals surface area contributed by atoms with Gasteiger partial charge < -0.3 is 10.4 Å². The van der Waals surface area contributed by atoms with Crippen LogP contribution in [0.3, 0.4) is 0 Å². The fourth-order valence-electron chi connectivity index (χ4n) is 2.71. The summed E-state index contributed by atoms with van der Waals surface area (Å²) in [5.74, 6) is -1.80. The van der Waals surface area contributed by atoms with E-state index >= 15 is 0 Å². The molecule has 0 heterocycles. The van der Waals surface area contributed by atoms with Crippen molar-refractivity contribution in [1.82, 2.24) is 10.2 Å². The Balaban J connectivity index is 2.36. The van der Waals surface area contributed by atoms with Crippen LogP contribution in [0.2, 0.25) is 0 Å². The zero-order chi connectivity index (χ0) is 16.9. The Bertz CT molecular complexity index is 497. The smallest absolute Gasteiger partial charge is 0.317 e. The van der Waals surface area contributed by atoms with Crippen LogP contribution in [0.1, 0.15) is 33.6 Å². The summed E-state index contributed by atoms with van der Waals surface area (Å²) in [6.07, 6.45) is 1.33. The van der Waals surface area contributed by atoms with Gasteiger partial charge in [0, 0.05) is 12.1 Å². The van der Waals surface area contributed by atoms with E-state index in [2.05, 4.69) is 5.32 Å². The fourth-order valence-corrected chi connectivity index (χ4v) is 4.33. The SMILES string of the molecule is CCN(CC(=O)O)C1CC(NC(=O)CS(=O)(=O)CC(C)C)C1. The van der Waals surface area contributed by atoms with Crippen LogP contribution in [0, 0.1) is 5.92 Å². The number of nitrogens with one attached hydrogen (secondary N) is 1. The minimum Gasteiger partial charge on any atom is -0.480 e. The number of carboxylic acids is 1. The lowest BCUT2D eigenvalue weighted by Crippen LogP contribution is -2.55. The van der Waals surface area contributed by atoms with Crippen molar-refractivity contribution in [3.63, 3.8) is 0 Å². The van der Waals surface area contributed by atoms with Crippen LogP contribution in [-0.2, 0) is 19.4 Å². The van der Waals surface area contributed by atoms with Gasteiger partial charge >= 0.3 is 5.97 Å². The first kappa shape index (κ1) is 18.9. The molecule has 8 heteroatoms. The van der Waals surface area contributed by atoms with Crippen molar-refractivity contribution in [1.29, 1.82) is 0 Å². The van der Waals surface area contributed by atoms with E-state index in [1.54, 1.807) is 13.8 Å². The van der Waals surface area contributed by atoms with Crippen molar-refractivity contribution in [2.24, 2.45) is 5.92 Å². The van der Waals surface area contributed by atoms with Gasteiger partial charge in [0.05, 0.1) is 12.3 Å². The summed E-state index contributed by atoms with van der Waals surface area (Å²) in [6, 6.07) is 0.0771. The summed E-state index contributed by atoms with van der Waals surface area (Å²) >= 11 is 0. The Morgan fingerprint density at radius 1 is 1.32 bits per heavy atom. The maximum atomic E-state index is 11.8. The maximum Gasteiger partial charge on any atom is 0.317 e. The summed E-state index contributed by atoms with van der Waals surface area (Å²) in [4.78, 5) is 24.4. The Kier molecular flexibility index (Phi) is 6.80. The molecule has 0 bridgehead atoms. The minimum absolute atomic E-state index is 0.0000132. The van der Waals surface area contributed by atoms with Gasteiger partial charge in [-0.25, -0.2) is 8.42 Å². The van der Waals surface area contributed by atoms with Crippen LogP contribution in [-0.4, -0.2) is 67.0 Å². The van der Waals surface area contributed by atoms with E-state index in [1.807, 2.05) is 11.8 Å². The van der Waals surface area contributed by atoms with E-state index in [0.717, 1.165) is 0 Å². The number of carbonyl (C=O) groups is 2. The molecule has 1 aliphatic carbocycles. The lowest BCUT2D eigenvalue weighted by Gasteiger charge is -2.42. The van der Waals surface area contributed by atoms with E-state index in [9.17, 15) is 18.0 Å². The van der Waals surface area contributed by atoms with Gasteiger partial charge in [0.1, 0.15) is 5.75 Å². The summed E-state index contributed by atoms with van der Waals surface area (Å²) < 4.78 is 23.5. The molecular formula is C14H26N2O5S. The van der Waals surface area contributed by atoms with Gasteiger partial charge in [-0.15, -0.1) is 0 Å².